The molecule has 1 aliphatic carbocycles. The van der Waals surface area contributed by atoms with Crippen molar-refractivity contribution in [1.82, 2.24) is 5.43 Å². The van der Waals surface area contributed by atoms with Crippen LogP contribution < -0.4 is 11.3 Å². The zero-order chi connectivity index (χ0) is 14.4. The standard InChI is InChI=1S/C17H30N2S/c1-3-5-8-13(4-2)11-15(19-18)17-12-14-9-6-7-10-16(14)20-17/h12-13,15,19H,3-11,18H2,1-2H3. The Morgan fingerprint density at radius 1 is 1.30 bits per heavy atom. The lowest BCUT2D eigenvalue weighted by atomic mass is 9.91. The molecule has 1 aliphatic rings. The molecule has 0 aliphatic heterocycles. The highest BCUT2D eigenvalue weighted by Crippen LogP contribution is 2.35. The van der Waals surface area contributed by atoms with Crippen molar-refractivity contribution >= 4 is 11.3 Å². The Bertz CT molecular complexity index is 376. The first-order valence-corrected chi connectivity index (χ1v) is 9.17. The van der Waals surface area contributed by atoms with Crippen LogP contribution in [-0.2, 0) is 12.8 Å². The third kappa shape index (κ3) is 4.06. The normalized spacial score (nSPS) is 17.8. The molecule has 1 heterocycles. The van der Waals surface area contributed by atoms with Gasteiger partial charge < -0.3 is 0 Å². The van der Waals surface area contributed by atoms with E-state index in [1.807, 2.05) is 11.3 Å². The molecule has 2 unspecified atom stereocenters. The molecule has 0 radical (unpaired) electrons. The zero-order valence-corrected chi connectivity index (χ0v) is 13.9. The first-order chi connectivity index (χ1) is 9.78. The lowest BCUT2D eigenvalue weighted by Gasteiger charge is -2.21. The molecule has 2 rings (SSSR count). The molecular formula is C17H30N2S. The van der Waals surface area contributed by atoms with Gasteiger partial charge in [-0.15, -0.1) is 11.3 Å². The number of unbranched alkanes of at least 4 members (excludes halogenated alkanes) is 1. The van der Waals surface area contributed by atoms with Crippen molar-refractivity contribution in [3.05, 3.63) is 21.4 Å². The number of hydrazine groups is 1. The second-order valence-electron chi connectivity index (χ2n) is 6.18. The van der Waals surface area contributed by atoms with Crippen LogP contribution in [-0.4, -0.2) is 0 Å². The molecule has 2 atom stereocenters. The van der Waals surface area contributed by atoms with Gasteiger partial charge in [0.25, 0.3) is 0 Å². The van der Waals surface area contributed by atoms with Gasteiger partial charge in [0.15, 0.2) is 0 Å². The molecular weight excluding hydrogens is 264 g/mol. The lowest BCUT2D eigenvalue weighted by molar-refractivity contribution is 0.359. The van der Waals surface area contributed by atoms with Gasteiger partial charge >= 0.3 is 0 Å². The minimum atomic E-state index is 0.354. The van der Waals surface area contributed by atoms with Crippen LogP contribution in [0, 0.1) is 5.92 Å². The molecule has 0 spiro atoms. The van der Waals surface area contributed by atoms with Crippen LogP contribution in [0.3, 0.4) is 0 Å². The van der Waals surface area contributed by atoms with Crippen LogP contribution in [0.25, 0.3) is 0 Å². The quantitative estimate of drug-likeness (QED) is 0.537. The molecule has 3 N–H and O–H groups in total. The van der Waals surface area contributed by atoms with E-state index in [0.717, 1.165) is 5.92 Å². The third-order valence-corrected chi connectivity index (χ3v) is 6.02. The van der Waals surface area contributed by atoms with Crippen molar-refractivity contribution < 1.29 is 0 Å². The van der Waals surface area contributed by atoms with Crippen molar-refractivity contribution in [2.24, 2.45) is 11.8 Å². The first kappa shape index (κ1) is 16.0. The van der Waals surface area contributed by atoms with E-state index in [1.165, 1.54) is 62.7 Å². The Hall–Kier alpha value is -0.380. The summed E-state index contributed by atoms with van der Waals surface area (Å²) in [7, 11) is 0. The second-order valence-corrected chi connectivity index (χ2v) is 7.34. The predicted octanol–water partition coefficient (Wildman–Crippen LogP) is 4.74. The van der Waals surface area contributed by atoms with Gasteiger partial charge in [0.1, 0.15) is 0 Å². The fourth-order valence-electron chi connectivity index (χ4n) is 3.27. The summed E-state index contributed by atoms with van der Waals surface area (Å²) in [5.41, 5.74) is 4.67. The van der Waals surface area contributed by atoms with E-state index in [4.69, 9.17) is 5.84 Å². The van der Waals surface area contributed by atoms with Gasteiger partial charge in [-0.2, -0.15) is 0 Å². The van der Waals surface area contributed by atoms with Crippen LogP contribution in [0.15, 0.2) is 6.07 Å². The van der Waals surface area contributed by atoms with Gasteiger partial charge in [-0.1, -0.05) is 39.5 Å². The zero-order valence-electron chi connectivity index (χ0n) is 13.1. The molecule has 0 fully saturated rings. The Morgan fingerprint density at radius 3 is 2.75 bits per heavy atom. The van der Waals surface area contributed by atoms with Gasteiger partial charge in [-0.3, -0.25) is 11.3 Å². The number of thiophene rings is 1. The van der Waals surface area contributed by atoms with E-state index < -0.39 is 0 Å². The highest BCUT2D eigenvalue weighted by Gasteiger charge is 2.21. The number of hydrogen-bond donors (Lipinski definition) is 2. The van der Waals surface area contributed by atoms with Gasteiger partial charge in [0.05, 0.1) is 6.04 Å². The molecule has 3 heteroatoms. The number of nitrogens with one attached hydrogen (secondary N) is 1. The van der Waals surface area contributed by atoms with Crippen molar-refractivity contribution in [3.8, 4) is 0 Å². The fourth-order valence-corrected chi connectivity index (χ4v) is 4.60. The fraction of sp³-hybridized carbons (Fsp3) is 0.765. The smallest absolute Gasteiger partial charge is 0.0556 e. The maximum absolute atomic E-state index is 5.85. The minimum Gasteiger partial charge on any atom is -0.271 e. The second kappa shape index (κ2) is 8.16. The largest absolute Gasteiger partial charge is 0.271 e. The molecule has 0 aromatic carbocycles. The topological polar surface area (TPSA) is 38.0 Å². The van der Waals surface area contributed by atoms with Crippen molar-refractivity contribution in [2.75, 3.05) is 0 Å². The van der Waals surface area contributed by atoms with Gasteiger partial charge in [0, 0.05) is 9.75 Å². The average molecular weight is 295 g/mol. The molecule has 0 saturated heterocycles. The SMILES string of the molecule is CCCCC(CC)CC(NN)c1cc2c(s1)CCCC2. The van der Waals surface area contributed by atoms with Crippen molar-refractivity contribution in [2.45, 2.75) is 77.7 Å². The lowest BCUT2D eigenvalue weighted by Crippen LogP contribution is -2.29. The number of aryl methyl sites for hydroxylation is 2. The molecule has 114 valence electrons. The molecule has 1 aromatic heterocycles. The summed E-state index contributed by atoms with van der Waals surface area (Å²) in [6.45, 7) is 4.59. The number of nitrogens with two attached hydrogens (primary N) is 1. The van der Waals surface area contributed by atoms with E-state index in [1.54, 1.807) is 10.4 Å². The van der Waals surface area contributed by atoms with Gasteiger partial charge in [0.2, 0.25) is 0 Å². The summed E-state index contributed by atoms with van der Waals surface area (Å²) in [5, 5.41) is 0. The van der Waals surface area contributed by atoms with Crippen LogP contribution in [0.5, 0.6) is 0 Å². The van der Waals surface area contributed by atoms with Crippen molar-refractivity contribution in [3.63, 3.8) is 0 Å². The predicted molar refractivity (Wildman–Crippen MR) is 88.9 cm³/mol. The summed E-state index contributed by atoms with van der Waals surface area (Å²) < 4.78 is 0. The molecule has 20 heavy (non-hydrogen) atoms. The maximum Gasteiger partial charge on any atom is 0.0556 e. The number of fused-ring (bicyclic) bond motifs is 1. The van der Waals surface area contributed by atoms with E-state index >= 15 is 0 Å². The molecule has 0 saturated carbocycles. The van der Waals surface area contributed by atoms with Crippen LogP contribution >= 0.6 is 11.3 Å². The number of rotatable bonds is 8. The third-order valence-electron chi connectivity index (χ3n) is 4.67. The van der Waals surface area contributed by atoms with E-state index in [9.17, 15) is 0 Å². The molecule has 0 amide bonds. The molecule has 2 nitrogen and oxygen atoms in total. The Labute approximate surface area is 128 Å². The van der Waals surface area contributed by atoms with Gasteiger partial charge in [-0.25, -0.2) is 0 Å². The summed E-state index contributed by atoms with van der Waals surface area (Å²) >= 11 is 2.00. The van der Waals surface area contributed by atoms with E-state index in [-0.39, 0.29) is 0 Å². The van der Waals surface area contributed by atoms with Crippen LogP contribution in [0.2, 0.25) is 0 Å². The highest BCUT2D eigenvalue weighted by molar-refractivity contribution is 7.12. The summed E-state index contributed by atoms with van der Waals surface area (Å²) in [6, 6.07) is 2.78. The Kier molecular flexibility index (Phi) is 6.53. The Balaban J connectivity index is 2.01. The summed E-state index contributed by atoms with van der Waals surface area (Å²) in [4.78, 5) is 3.09. The Morgan fingerprint density at radius 2 is 2.10 bits per heavy atom. The molecule has 1 aromatic rings. The maximum atomic E-state index is 5.85. The first-order valence-electron chi connectivity index (χ1n) is 8.36. The van der Waals surface area contributed by atoms with E-state index in [0.29, 0.717) is 6.04 Å². The summed E-state index contributed by atoms with van der Waals surface area (Å²) in [6.07, 6.45) is 11.7. The van der Waals surface area contributed by atoms with Crippen LogP contribution in [0.1, 0.15) is 80.2 Å². The van der Waals surface area contributed by atoms with Crippen LogP contribution in [0.4, 0.5) is 0 Å². The minimum absolute atomic E-state index is 0.354. The number of hydrogen-bond acceptors (Lipinski definition) is 3. The monoisotopic (exact) mass is 294 g/mol. The average Bonchev–Trinajstić information content (AvgIpc) is 2.91. The van der Waals surface area contributed by atoms with Gasteiger partial charge in [-0.05, 0) is 49.7 Å². The van der Waals surface area contributed by atoms with Crippen molar-refractivity contribution in [1.29, 1.82) is 0 Å². The van der Waals surface area contributed by atoms with E-state index in [2.05, 4.69) is 25.3 Å². The molecule has 0 bridgehead atoms. The highest BCUT2D eigenvalue weighted by atomic mass is 32.1. The summed E-state index contributed by atoms with van der Waals surface area (Å²) in [5.74, 6) is 6.65.